The lowest BCUT2D eigenvalue weighted by Gasteiger charge is -2.26. The van der Waals surface area contributed by atoms with Gasteiger partial charge in [0.05, 0.1) is 5.69 Å². The molecule has 1 amide bonds. The van der Waals surface area contributed by atoms with E-state index in [-0.39, 0.29) is 12.5 Å². The molecule has 1 aromatic carbocycles. The summed E-state index contributed by atoms with van der Waals surface area (Å²) < 4.78 is 5.32. The van der Waals surface area contributed by atoms with E-state index in [4.69, 9.17) is 17.0 Å². The molecule has 0 saturated carbocycles. The molecule has 0 saturated heterocycles. The number of carbonyl (C=O) groups is 1. The minimum Gasteiger partial charge on any atom is -0.482 e. The van der Waals surface area contributed by atoms with Gasteiger partial charge in [-0.2, -0.15) is 0 Å². The van der Waals surface area contributed by atoms with Gasteiger partial charge in [0.25, 0.3) is 5.91 Å². The summed E-state index contributed by atoms with van der Waals surface area (Å²) >= 11 is 5.14. The molecule has 2 rings (SSSR count). The number of nitrogens with one attached hydrogen (secondary N) is 1. The third-order valence-electron chi connectivity index (χ3n) is 2.53. The fraction of sp³-hybridized carbons (Fsp3) is 0.273. The lowest BCUT2D eigenvalue weighted by Crippen LogP contribution is -2.35. The van der Waals surface area contributed by atoms with Crippen molar-refractivity contribution in [3.05, 3.63) is 23.8 Å². The summed E-state index contributed by atoms with van der Waals surface area (Å²) in [6, 6.07) is 5.56. The van der Waals surface area contributed by atoms with Gasteiger partial charge < -0.3 is 15.0 Å². The number of hydrogen-bond acceptors (Lipinski definition) is 3. The van der Waals surface area contributed by atoms with E-state index in [1.54, 1.807) is 19.0 Å². The Kier molecular flexibility index (Phi) is 2.78. The number of anilines is 1. The van der Waals surface area contributed by atoms with E-state index < -0.39 is 0 Å². The Labute approximate surface area is 99.2 Å². The number of carbonyl (C=O) groups excluding carboxylic acids is 1. The van der Waals surface area contributed by atoms with Gasteiger partial charge in [0.1, 0.15) is 10.7 Å². The molecule has 5 heteroatoms. The fourth-order valence-corrected chi connectivity index (χ4v) is 1.68. The summed E-state index contributed by atoms with van der Waals surface area (Å²) in [5.41, 5.74) is 1.63. The van der Waals surface area contributed by atoms with Crippen molar-refractivity contribution in [3.8, 4) is 5.75 Å². The highest BCUT2D eigenvalue weighted by atomic mass is 32.1. The Bertz CT molecular complexity index is 459. The molecule has 1 aliphatic rings. The van der Waals surface area contributed by atoms with Gasteiger partial charge in [-0.3, -0.25) is 4.79 Å². The Hall–Kier alpha value is -1.62. The van der Waals surface area contributed by atoms with E-state index in [0.29, 0.717) is 10.7 Å². The van der Waals surface area contributed by atoms with Crippen LogP contribution in [0.4, 0.5) is 5.69 Å². The molecule has 0 aromatic heterocycles. The molecule has 0 unspecified atom stereocenters. The molecule has 1 heterocycles. The fourth-order valence-electron chi connectivity index (χ4n) is 1.56. The number of thiocarbonyl (C=S) groups is 1. The van der Waals surface area contributed by atoms with Crippen molar-refractivity contribution in [3.63, 3.8) is 0 Å². The third-order valence-corrected chi connectivity index (χ3v) is 2.97. The Morgan fingerprint density at radius 2 is 2.31 bits per heavy atom. The summed E-state index contributed by atoms with van der Waals surface area (Å²) in [5, 5.41) is 2.90. The van der Waals surface area contributed by atoms with Crippen LogP contribution in [0.25, 0.3) is 0 Å². The average molecular weight is 236 g/mol. The number of likely N-dealkylation sites (N-methyl/N-ethyl adjacent to an activating group) is 1. The minimum absolute atomic E-state index is 0.0555. The standard InChI is InChI=1S/C11H12N2O2S/c1-12-11(16)7-3-4-9-8(5-7)13(2)10(14)6-15-9/h3-5H,6H2,1-2H3,(H,12,16). The first-order valence-corrected chi connectivity index (χ1v) is 5.30. The maximum absolute atomic E-state index is 11.5. The Morgan fingerprint density at radius 3 is 3.00 bits per heavy atom. The van der Waals surface area contributed by atoms with Crippen LogP contribution in [0.2, 0.25) is 0 Å². The summed E-state index contributed by atoms with van der Waals surface area (Å²) in [4.78, 5) is 13.7. The molecule has 84 valence electrons. The molecule has 0 aliphatic carbocycles. The maximum Gasteiger partial charge on any atom is 0.264 e. The highest BCUT2D eigenvalue weighted by Gasteiger charge is 2.22. The molecule has 0 bridgehead atoms. The molecule has 1 N–H and O–H groups in total. The van der Waals surface area contributed by atoms with Crippen LogP contribution in [0.15, 0.2) is 18.2 Å². The smallest absolute Gasteiger partial charge is 0.264 e. The first kappa shape index (κ1) is 10.9. The van der Waals surface area contributed by atoms with Crippen molar-refractivity contribution in [2.75, 3.05) is 25.6 Å². The number of hydrogen-bond donors (Lipinski definition) is 1. The van der Waals surface area contributed by atoms with Crippen LogP contribution in [0.5, 0.6) is 5.75 Å². The zero-order chi connectivity index (χ0) is 11.7. The van der Waals surface area contributed by atoms with Gasteiger partial charge in [-0.05, 0) is 18.2 Å². The van der Waals surface area contributed by atoms with Crippen LogP contribution >= 0.6 is 12.2 Å². The van der Waals surface area contributed by atoms with Crippen LogP contribution in [-0.2, 0) is 4.79 Å². The second-order valence-electron chi connectivity index (χ2n) is 3.50. The normalized spacial score (nSPS) is 14.1. The van der Waals surface area contributed by atoms with Gasteiger partial charge in [-0.25, -0.2) is 0 Å². The van der Waals surface area contributed by atoms with E-state index >= 15 is 0 Å². The molecule has 4 nitrogen and oxygen atoms in total. The van der Waals surface area contributed by atoms with Gasteiger partial charge in [0.2, 0.25) is 0 Å². The highest BCUT2D eigenvalue weighted by molar-refractivity contribution is 7.80. The first-order chi connectivity index (χ1) is 7.63. The summed E-state index contributed by atoms with van der Waals surface area (Å²) in [6.07, 6.45) is 0. The SMILES string of the molecule is CNC(=S)c1ccc2c(c1)N(C)C(=O)CO2. The van der Waals surface area contributed by atoms with Gasteiger partial charge in [-0.1, -0.05) is 12.2 Å². The van der Waals surface area contributed by atoms with E-state index in [2.05, 4.69) is 5.32 Å². The minimum atomic E-state index is -0.0555. The molecular weight excluding hydrogens is 224 g/mol. The zero-order valence-electron chi connectivity index (χ0n) is 9.11. The van der Waals surface area contributed by atoms with Gasteiger partial charge in [-0.15, -0.1) is 0 Å². The number of nitrogens with zero attached hydrogens (tertiary/aromatic N) is 1. The van der Waals surface area contributed by atoms with Crippen molar-refractivity contribution in [1.82, 2.24) is 5.32 Å². The Balaban J connectivity index is 2.44. The largest absolute Gasteiger partial charge is 0.482 e. The number of ether oxygens (including phenoxy) is 1. The second kappa shape index (κ2) is 4.09. The van der Waals surface area contributed by atoms with Crippen molar-refractivity contribution in [1.29, 1.82) is 0 Å². The maximum atomic E-state index is 11.5. The first-order valence-electron chi connectivity index (χ1n) is 4.89. The van der Waals surface area contributed by atoms with Crippen LogP contribution < -0.4 is 15.0 Å². The third kappa shape index (κ3) is 1.74. The lowest BCUT2D eigenvalue weighted by molar-refractivity contribution is -0.120. The zero-order valence-corrected chi connectivity index (χ0v) is 9.93. The van der Waals surface area contributed by atoms with Crippen LogP contribution in [0.1, 0.15) is 5.56 Å². The van der Waals surface area contributed by atoms with E-state index in [1.165, 1.54) is 0 Å². The van der Waals surface area contributed by atoms with E-state index in [1.807, 2.05) is 18.2 Å². The second-order valence-corrected chi connectivity index (χ2v) is 3.91. The predicted molar refractivity (Wildman–Crippen MR) is 66.1 cm³/mol. The van der Waals surface area contributed by atoms with Gasteiger partial charge >= 0.3 is 0 Å². The average Bonchev–Trinajstić information content (AvgIpc) is 2.32. The molecule has 0 radical (unpaired) electrons. The van der Waals surface area contributed by atoms with Gasteiger partial charge in [0, 0.05) is 19.7 Å². The van der Waals surface area contributed by atoms with Gasteiger partial charge in [0.15, 0.2) is 6.61 Å². The number of amides is 1. The van der Waals surface area contributed by atoms with Crippen molar-refractivity contribution in [2.24, 2.45) is 0 Å². The van der Waals surface area contributed by atoms with Crippen LogP contribution in [0, 0.1) is 0 Å². The molecule has 0 fully saturated rings. The Morgan fingerprint density at radius 1 is 1.56 bits per heavy atom. The molecule has 16 heavy (non-hydrogen) atoms. The lowest BCUT2D eigenvalue weighted by atomic mass is 10.1. The molecule has 1 aliphatic heterocycles. The van der Waals surface area contributed by atoms with Crippen molar-refractivity contribution in [2.45, 2.75) is 0 Å². The van der Waals surface area contributed by atoms with Crippen molar-refractivity contribution >= 4 is 28.8 Å². The van der Waals surface area contributed by atoms with E-state index in [9.17, 15) is 4.79 Å². The summed E-state index contributed by atoms with van der Waals surface area (Å²) in [7, 11) is 3.50. The highest BCUT2D eigenvalue weighted by Crippen LogP contribution is 2.31. The van der Waals surface area contributed by atoms with E-state index in [0.717, 1.165) is 11.3 Å². The number of benzene rings is 1. The topological polar surface area (TPSA) is 41.6 Å². The monoisotopic (exact) mass is 236 g/mol. The summed E-state index contributed by atoms with van der Waals surface area (Å²) in [5.74, 6) is 0.657. The van der Waals surface area contributed by atoms with Crippen LogP contribution in [-0.4, -0.2) is 31.6 Å². The number of fused-ring (bicyclic) bond motifs is 1. The van der Waals surface area contributed by atoms with Crippen LogP contribution in [0.3, 0.4) is 0 Å². The predicted octanol–water partition coefficient (Wildman–Crippen LogP) is 0.937. The summed E-state index contributed by atoms with van der Waals surface area (Å²) in [6.45, 7) is 0.0965. The van der Waals surface area contributed by atoms with Crippen molar-refractivity contribution < 1.29 is 9.53 Å². The molecule has 0 spiro atoms. The molecule has 1 aromatic rings. The molecule has 0 atom stereocenters. The molecular formula is C11H12N2O2S. The quantitative estimate of drug-likeness (QED) is 0.737. The number of rotatable bonds is 1.